The molecule has 5 heteroatoms. The van der Waals surface area contributed by atoms with Crippen LogP contribution in [-0.2, 0) is 4.79 Å². The average Bonchev–Trinajstić information content (AvgIpc) is 2.84. The third kappa shape index (κ3) is 3.37. The molecule has 3 rings (SSSR count). The first-order chi connectivity index (χ1) is 11.6. The number of thioether (sulfide) groups is 1. The van der Waals surface area contributed by atoms with E-state index in [2.05, 4.69) is 0 Å². The van der Waals surface area contributed by atoms with E-state index in [0.717, 1.165) is 22.6 Å². The maximum atomic E-state index is 12.8. The molecule has 0 aliphatic carbocycles. The van der Waals surface area contributed by atoms with Crippen LogP contribution in [0.5, 0.6) is 5.75 Å². The van der Waals surface area contributed by atoms with Crippen LogP contribution in [0.25, 0.3) is 6.08 Å². The van der Waals surface area contributed by atoms with Crippen molar-refractivity contribution in [2.24, 2.45) is 0 Å². The van der Waals surface area contributed by atoms with Crippen LogP contribution in [-0.4, -0.2) is 16.8 Å². The summed E-state index contributed by atoms with van der Waals surface area (Å²) in [4.78, 5) is 15.0. The monoisotopic (exact) mass is 355 g/mol. The molecule has 1 heterocycles. The van der Waals surface area contributed by atoms with E-state index in [4.69, 9.17) is 17.0 Å². The van der Waals surface area contributed by atoms with Crippen LogP contribution in [0.2, 0.25) is 0 Å². The van der Waals surface area contributed by atoms with Gasteiger partial charge in [0.1, 0.15) is 5.75 Å². The number of hydrogen-bond donors (Lipinski definition) is 0. The molecule has 1 amide bonds. The number of amides is 1. The molecule has 2 aromatic rings. The predicted octanol–water partition coefficient (Wildman–Crippen LogP) is 4.80. The highest BCUT2D eigenvalue weighted by molar-refractivity contribution is 8.27. The smallest absolute Gasteiger partial charge is 0.270 e. The number of thiocarbonyl (C=S) groups is 1. The maximum Gasteiger partial charge on any atom is 0.270 e. The topological polar surface area (TPSA) is 29.5 Å². The fourth-order valence-electron chi connectivity index (χ4n) is 2.47. The number of carbonyl (C=O) groups excluding carboxylic acids is 1. The molecule has 1 saturated heterocycles. The van der Waals surface area contributed by atoms with Crippen molar-refractivity contribution in [1.82, 2.24) is 0 Å². The SMILES string of the molecule is CCOc1ccc(/C=C2\SC(=S)N(c3ccccc3C)C2=O)cc1. The van der Waals surface area contributed by atoms with Gasteiger partial charge in [0, 0.05) is 0 Å². The van der Waals surface area contributed by atoms with Gasteiger partial charge in [0.15, 0.2) is 4.32 Å². The fraction of sp³-hybridized carbons (Fsp3) is 0.158. The zero-order valence-corrected chi connectivity index (χ0v) is 15.1. The van der Waals surface area contributed by atoms with Crippen molar-refractivity contribution >= 4 is 46.0 Å². The van der Waals surface area contributed by atoms with Crippen molar-refractivity contribution in [2.45, 2.75) is 13.8 Å². The molecular formula is C19H17NO2S2. The first kappa shape index (κ1) is 16.7. The van der Waals surface area contributed by atoms with Crippen molar-refractivity contribution in [3.63, 3.8) is 0 Å². The second kappa shape index (κ2) is 7.20. The molecule has 1 aliphatic heterocycles. The van der Waals surface area contributed by atoms with Gasteiger partial charge < -0.3 is 4.74 Å². The number of rotatable bonds is 4. The van der Waals surface area contributed by atoms with Crippen molar-refractivity contribution in [1.29, 1.82) is 0 Å². The van der Waals surface area contributed by atoms with Crippen molar-refractivity contribution in [3.8, 4) is 5.75 Å². The second-order valence-electron chi connectivity index (χ2n) is 5.31. The van der Waals surface area contributed by atoms with E-state index >= 15 is 0 Å². The molecule has 0 aromatic heterocycles. The zero-order valence-electron chi connectivity index (χ0n) is 13.5. The van der Waals surface area contributed by atoms with Gasteiger partial charge in [-0.1, -0.05) is 54.3 Å². The summed E-state index contributed by atoms with van der Waals surface area (Å²) < 4.78 is 6.00. The van der Waals surface area contributed by atoms with E-state index in [1.54, 1.807) is 4.90 Å². The van der Waals surface area contributed by atoms with E-state index < -0.39 is 0 Å². The molecule has 3 nitrogen and oxygen atoms in total. The van der Waals surface area contributed by atoms with Crippen molar-refractivity contribution in [2.75, 3.05) is 11.5 Å². The highest BCUT2D eigenvalue weighted by Crippen LogP contribution is 2.37. The molecular weight excluding hydrogens is 338 g/mol. The summed E-state index contributed by atoms with van der Waals surface area (Å²) in [6.07, 6.45) is 1.87. The summed E-state index contributed by atoms with van der Waals surface area (Å²) >= 11 is 6.75. The molecule has 0 saturated carbocycles. The quantitative estimate of drug-likeness (QED) is 0.582. The Labute approximate surface area is 151 Å². The van der Waals surface area contributed by atoms with Gasteiger partial charge in [-0.2, -0.15) is 0 Å². The van der Waals surface area contributed by atoms with E-state index in [-0.39, 0.29) is 5.91 Å². The van der Waals surface area contributed by atoms with Gasteiger partial charge >= 0.3 is 0 Å². The minimum absolute atomic E-state index is 0.0758. The van der Waals surface area contributed by atoms with E-state index in [9.17, 15) is 4.79 Å². The van der Waals surface area contributed by atoms with Gasteiger partial charge in [-0.05, 0) is 49.2 Å². The van der Waals surface area contributed by atoms with Crippen LogP contribution in [0, 0.1) is 6.92 Å². The molecule has 122 valence electrons. The predicted molar refractivity (Wildman–Crippen MR) is 104 cm³/mol. The third-order valence-corrected chi connectivity index (χ3v) is 4.94. The number of benzene rings is 2. The Balaban J connectivity index is 1.87. The Hall–Kier alpha value is -2.11. The summed E-state index contributed by atoms with van der Waals surface area (Å²) in [6, 6.07) is 15.4. The van der Waals surface area contributed by atoms with E-state index in [1.807, 2.05) is 68.5 Å². The lowest BCUT2D eigenvalue weighted by atomic mass is 10.1. The number of hydrogen-bond acceptors (Lipinski definition) is 4. The average molecular weight is 355 g/mol. The fourth-order valence-corrected chi connectivity index (χ4v) is 3.75. The second-order valence-corrected chi connectivity index (χ2v) is 6.98. The van der Waals surface area contributed by atoms with Crippen molar-refractivity contribution in [3.05, 3.63) is 64.6 Å². The standard InChI is InChI=1S/C19H17NO2S2/c1-3-22-15-10-8-14(9-11-15)12-17-18(21)20(19(23)24-17)16-7-5-4-6-13(16)2/h4-12H,3H2,1-2H3/b17-12-. The minimum Gasteiger partial charge on any atom is -0.494 e. The number of nitrogens with zero attached hydrogens (tertiary/aromatic N) is 1. The van der Waals surface area contributed by atoms with Gasteiger partial charge in [-0.3, -0.25) is 9.69 Å². The van der Waals surface area contributed by atoms with Crippen LogP contribution in [0.4, 0.5) is 5.69 Å². The molecule has 0 unspecified atom stereocenters. The van der Waals surface area contributed by atoms with Gasteiger partial charge in [-0.15, -0.1) is 0 Å². The minimum atomic E-state index is -0.0758. The Morgan fingerprint density at radius 3 is 2.54 bits per heavy atom. The summed E-state index contributed by atoms with van der Waals surface area (Å²) in [7, 11) is 0. The molecule has 0 spiro atoms. The van der Waals surface area contributed by atoms with Gasteiger partial charge in [0.05, 0.1) is 17.2 Å². The Morgan fingerprint density at radius 1 is 1.17 bits per heavy atom. The largest absolute Gasteiger partial charge is 0.494 e. The van der Waals surface area contributed by atoms with Crippen LogP contribution in [0.15, 0.2) is 53.4 Å². The number of anilines is 1. The van der Waals surface area contributed by atoms with Gasteiger partial charge in [0.2, 0.25) is 0 Å². The van der Waals surface area contributed by atoms with Gasteiger partial charge in [-0.25, -0.2) is 0 Å². The number of ether oxygens (including phenoxy) is 1. The van der Waals surface area contributed by atoms with Crippen LogP contribution >= 0.6 is 24.0 Å². The first-order valence-electron chi connectivity index (χ1n) is 7.66. The summed E-state index contributed by atoms with van der Waals surface area (Å²) in [5, 5.41) is 0. The maximum absolute atomic E-state index is 12.8. The molecule has 2 aromatic carbocycles. The molecule has 24 heavy (non-hydrogen) atoms. The Kier molecular flexibility index (Phi) is 5.02. The molecule has 0 atom stereocenters. The molecule has 0 N–H and O–H groups in total. The summed E-state index contributed by atoms with van der Waals surface area (Å²) in [6.45, 7) is 4.56. The third-order valence-electron chi connectivity index (χ3n) is 3.64. The lowest BCUT2D eigenvalue weighted by Crippen LogP contribution is -2.28. The molecule has 1 fully saturated rings. The van der Waals surface area contributed by atoms with Crippen LogP contribution in [0.3, 0.4) is 0 Å². The molecule has 0 bridgehead atoms. The van der Waals surface area contributed by atoms with E-state index in [1.165, 1.54) is 11.8 Å². The van der Waals surface area contributed by atoms with Gasteiger partial charge in [0.25, 0.3) is 5.91 Å². The Morgan fingerprint density at radius 2 is 1.88 bits per heavy atom. The number of carbonyl (C=O) groups is 1. The van der Waals surface area contributed by atoms with Crippen LogP contribution in [0.1, 0.15) is 18.1 Å². The summed E-state index contributed by atoms with van der Waals surface area (Å²) in [5.41, 5.74) is 2.81. The highest BCUT2D eigenvalue weighted by atomic mass is 32.2. The number of para-hydroxylation sites is 1. The first-order valence-corrected chi connectivity index (χ1v) is 8.89. The normalized spacial score (nSPS) is 16.1. The summed E-state index contributed by atoms with van der Waals surface area (Å²) in [5.74, 6) is 0.746. The van der Waals surface area contributed by atoms with Crippen molar-refractivity contribution < 1.29 is 9.53 Å². The lowest BCUT2D eigenvalue weighted by molar-refractivity contribution is -0.113. The van der Waals surface area contributed by atoms with Crippen LogP contribution < -0.4 is 9.64 Å². The van der Waals surface area contributed by atoms with E-state index in [0.29, 0.717) is 15.8 Å². The lowest BCUT2D eigenvalue weighted by Gasteiger charge is -2.16. The highest BCUT2D eigenvalue weighted by Gasteiger charge is 2.33. The zero-order chi connectivity index (χ0) is 17.1. The molecule has 1 aliphatic rings. The Bertz CT molecular complexity index is 812. The molecule has 0 radical (unpaired) electrons. The number of aryl methyl sites for hydroxylation is 1.